The highest BCUT2D eigenvalue weighted by molar-refractivity contribution is 7.92. The molecule has 0 aliphatic heterocycles. The highest BCUT2D eigenvalue weighted by Crippen LogP contribution is 2.33. The predicted molar refractivity (Wildman–Crippen MR) is 173 cm³/mol. The van der Waals surface area contributed by atoms with Gasteiger partial charge in [-0.05, 0) is 68.3 Å². The standard InChI is InChI=1S/C35H38FN3O5S/c1-4-44-33-18-12-11-17-31(33)39(45(42,43)30-15-9-6-10-16-30)25-34(40)38(24-28-19-21-29(36)22-20-28)32(35(41)37-26(2)3)23-27-13-7-5-8-14-27/h5-22,26,32H,4,23-25H2,1-3H3,(H,37,41)/t32-/m0/s1. The second kappa shape index (κ2) is 15.3. The second-order valence-corrected chi connectivity index (χ2v) is 12.6. The molecule has 0 saturated heterocycles. The molecule has 0 spiro atoms. The zero-order valence-electron chi connectivity index (χ0n) is 25.6. The largest absolute Gasteiger partial charge is 0.492 e. The van der Waals surface area contributed by atoms with Gasteiger partial charge in [0.1, 0.15) is 24.2 Å². The highest BCUT2D eigenvalue weighted by atomic mass is 32.2. The molecule has 0 aliphatic rings. The lowest BCUT2D eigenvalue weighted by atomic mass is 10.0. The van der Waals surface area contributed by atoms with Crippen molar-refractivity contribution in [3.05, 3.63) is 126 Å². The summed E-state index contributed by atoms with van der Waals surface area (Å²) >= 11 is 0. The number of anilines is 1. The first-order valence-corrected chi connectivity index (χ1v) is 16.2. The smallest absolute Gasteiger partial charge is 0.264 e. The zero-order chi connectivity index (χ0) is 32.4. The summed E-state index contributed by atoms with van der Waals surface area (Å²) in [6, 6.07) is 28.1. The van der Waals surface area contributed by atoms with Crippen LogP contribution < -0.4 is 14.4 Å². The average Bonchev–Trinajstić information content (AvgIpc) is 3.03. The van der Waals surface area contributed by atoms with Gasteiger partial charge in [0.15, 0.2) is 0 Å². The minimum Gasteiger partial charge on any atom is -0.492 e. The molecule has 236 valence electrons. The molecule has 0 aromatic heterocycles. The van der Waals surface area contributed by atoms with E-state index in [1.807, 2.05) is 44.2 Å². The normalized spacial score (nSPS) is 11.9. The third-order valence-corrected chi connectivity index (χ3v) is 8.79. The van der Waals surface area contributed by atoms with Gasteiger partial charge in [-0.25, -0.2) is 12.8 Å². The summed E-state index contributed by atoms with van der Waals surface area (Å²) in [5.74, 6) is -1.17. The number of nitrogens with zero attached hydrogens (tertiary/aromatic N) is 2. The lowest BCUT2D eigenvalue weighted by Gasteiger charge is -2.34. The molecule has 0 unspecified atom stereocenters. The quantitative estimate of drug-likeness (QED) is 0.196. The van der Waals surface area contributed by atoms with Crippen LogP contribution in [0.1, 0.15) is 31.9 Å². The fraction of sp³-hybridized carbons (Fsp3) is 0.257. The van der Waals surface area contributed by atoms with E-state index in [9.17, 15) is 22.4 Å². The summed E-state index contributed by atoms with van der Waals surface area (Å²) in [6.07, 6.45) is 0.174. The van der Waals surface area contributed by atoms with E-state index >= 15 is 0 Å². The molecule has 0 fully saturated rings. The van der Waals surface area contributed by atoms with Gasteiger partial charge < -0.3 is 15.0 Å². The minimum absolute atomic E-state index is 0.00688. The van der Waals surface area contributed by atoms with E-state index in [-0.39, 0.29) is 41.9 Å². The Kier molecular flexibility index (Phi) is 11.3. The van der Waals surface area contributed by atoms with Gasteiger partial charge in [0.25, 0.3) is 10.0 Å². The number of hydrogen-bond acceptors (Lipinski definition) is 5. The Hall–Kier alpha value is -4.70. The Morgan fingerprint density at radius 3 is 2.04 bits per heavy atom. The van der Waals surface area contributed by atoms with Gasteiger partial charge in [-0.15, -0.1) is 0 Å². The van der Waals surface area contributed by atoms with E-state index in [1.165, 1.54) is 29.2 Å². The maximum Gasteiger partial charge on any atom is 0.264 e. The first-order chi connectivity index (χ1) is 21.6. The number of amides is 2. The Morgan fingerprint density at radius 1 is 0.822 bits per heavy atom. The Morgan fingerprint density at radius 2 is 1.42 bits per heavy atom. The van der Waals surface area contributed by atoms with Crippen LogP contribution in [-0.2, 0) is 32.6 Å². The third kappa shape index (κ3) is 8.69. The molecule has 45 heavy (non-hydrogen) atoms. The van der Waals surface area contributed by atoms with E-state index < -0.39 is 40.2 Å². The molecule has 2 amide bonds. The van der Waals surface area contributed by atoms with Crippen molar-refractivity contribution in [2.24, 2.45) is 0 Å². The summed E-state index contributed by atoms with van der Waals surface area (Å²) in [6.45, 7) is 5.02. The van der Waals surface area contributed by atoms with Crippen LogP contribution in [0.4, 0.5) is 10.1 Å². The number of nitrogens with one attached hydrogen (secondary N) is 1. The first-order valence-electron chi connectivity index (χ1n) is 14.8. The SMILES string of the molecule is CCOc1ccccc1N(CC(=O)N(Cc1ccc(F)cc1)[C@@H](Cc1ccccc1)C(=O)NC(C)C)S(=O)(=O)c1ccccc1. The lowest BCUT2D eigenvalue weighted by Crippen LogP contribution is -2.54. The summed E-state index contributed by atoms with van der Waals surface area (Å²) in [5, 5.41) is 2.92. The number of rotatable bonds is 14. The molecular weight excluding hydrogens is 593 g/mol. The topological polar surface area (TPSA) is 96.0 Å². The van der Waals surface area contributed by atoms with Crippen molar-refractivity contribution in [2.75, 3.05) is 17.5 Å². The fourth-order valence-electron chi connectivity index (χ4n) is 4.89. The van der Waals surface area contributed by atoms with Crippen LogP contribution >= 0.6 is 0 Å². The maximum absolute atomic E-state index is 14.5. The number of hydrogen-bond donors (Lipinski definition) is 1. The Bertz CT molecular complexity index is 1670. The van der Waals surface area contributed by atoms with Crippen LogP contribution in [0.5, 0.6) is 5.75 Å². The van der Waals surface area contributed by atoms with Gasteiger partial charge >= 0.3 is 0 Å². The van der Waals surface area contributed by atoms with E-state index in [0.29, 0.717) is 5.56 Å². The van der Waals surface area contributed by atoms with Crippen molar-refractivity contribution in [2.45, 2.75) is 50.7 Å². The van der Waals surface area contributed by atoms with Crippen molar-refractivity contribution in [1.82, 2.24) is 10.2 Å². The van der Waals surface area contributed by atoms with Crippen LogP contribution in [0.15, 0.2) is 114 Å². The van der Waals surface area contributed by atoms with Crippen molar-refractivity contribution in [3.63, 3.8) is 0 Å². The van der Waals surface area contributed by atoms with Crippen LogP contribution in [0.25, 0.3) is 0 Å². The first kappa shape index (κ1) is 33.2. The molecule has 0 bridgehead atoms. The van der Waals surface area contributed by atoms with Crippen molar-refractivity contribution >= 4 is 27.5 Å². The number of para-hydroxylation sites is 2. The molecule has 8 nitrogen and oxygen atoms in total. The number of sulfonamides is 1. The molecule has 4 aromatic carbocycles. The highest BCUT2D eigenvalue weighted by Gasteiger charge is 2.35. The van der Waals surface area contributed by atoms with Crippen LogP contribution in [-0.4, -0.2) is 50.4 Å². The number of carbonyl (C=O) groups is 2. The Balaban J connectivity index is 1.83. The summed E-state index contributed by atoms with van der Waals surface area (Å²) in [5.41, 5.74) is 1.57. The van der Waals surface area contributed by atoms with E-state index in [4.69, 9.17) is 4.74 Å². The monoisotopic (exact) mass is 631 g/mol. The van der Waals surface area contributed by atoms with Crippen molar-refractivity contribution < 1.29 is 27.1 Å². The number of halogens is 1. The molecule has 0 saturated carbocycles. The average molecular weight is 632 g/mol. The van der Waals surface area contributed by atoms with Gasteiger partial charge in [-0.1, -0.05) is 72.8 Å². The van der Waals surface area contributed by atoms with E-state index in [0.717, 1.165) is 9.87 Å². The summed E-state index contributed by atoms with van der Waals surface area (Å²) in [4.78, 5) is 29.6. The lowest BCUT2D eigenvalue weighted by molar-refractivity contribution is -0.140. The van der Waals surface area contributed by atoms with E-state index in [1.54, 1.807) is 61.5 Å². The van der Waals surface area contributed by atoms with Crippen molar-refractivity contribution in [1.29, 1.82) is 0 Å². The molecule has 10 heteroatoms. The Labute approximate surface area is 264 Å². The van der Waals surface area contributed by atoms with Crippen LogP contribution in [0.2, 0.25) is 0 Å². The van der Waals surface area contributed by atoms with Gasteiger partial charge in [0, 0.05) is 19.0 Å². The van der Waals surface area contributed by atoms with Gasteiger partial charge in [0.2, 0.25) is 11.8 Å². The van der Waals surface area contributed by atoms with Gasteiger partial charge in [-0.3, -0.25) is 13.9 Å². The number of carbonyl (C=O) groups excluding carboxylic acids is 2. The summed E-state index contributed by atoms with van der Waals surface area (Å²) < 4.78 is 48.9. The van der Waals surface area contributed by atoms with Crippen LogP contribution in [0.3, 0.4) is 0 Å². The van der Waals surface area contributed by atoms with Crippen LogP contribution in [0, 0.1) is 5.82 Å². The predicted octanol–water partition coefficient (Wildman–Crippen LogP) is 5.58. The summed E-state index contributed by atoms with van der Waals surface area (Å²) in [7, 11) is -4.27. The molecule has 0 radical (unpaired) electrons. The molecular formula is C35H38FN3O5S. The molecule has 4 aromatic rings. The van der Waals surface area contributed by atoms with Gasteiger partial charge in [-0.2, -0.15) is 0 Å². The fourth-order valence-corrected chi connectivity index (χ4v) is 6.34. The number of benzene rings is 4. The van der Waals surface area contributed by atoms with E-state index in [2.05, 4.69) is 5.32 Å². The van der Waals surface area contributed by atoms with Gasteiger partial charge in [0.05, 0.1) is 17.2 Å². The zero-order valence-corrected chi connectivity index (χ0v) is 26.4. The van der Waals surface area contributed by atoms with Crippen molar-refractivity contribution in [3.8, 4) is 5.75 Å². The molecule has 4 rings (SSSR count). The molecule has 1 atom stereocenters. The number of ether oxygens (including phenoxy) is 1. The molecule has 0 heterocycles. The minimum atomic E-state index is -4.27. The third-order valence-electron chi connectivity index (χ3n) is 7.01. The molecule has 1 N–H and O–H groups in total. The molecule has 0 aliphatic carbocycles. The second-order valence-electron chi connectivity index (χ2n) is 10.7. The maximum atomic E-state index is 14.5.